The molecule has 6 heteroatoms. The first-order chi connectivity index (χ1) is 14.6. The van der Waals surface area contributed by atoms with Gasteiger partial charge in [-0.05, 0) is 53.9 Å². The number of carbonyl (C=O) groups is 2. The molecule has 3 rings (SSSR count). The van der Waals surface area contributed by atoms with Crippen molar-refractivity contribution in [2.24, 2.45) is 5.73 Å². The average molecular weight is 404 g/mol. The third-order valence-electron chi connectivity index (χ3n) is 4.39. The fourth-order valence-electron chi connectivity index (χ4n) is 2.80. The number of nitrogens with one attached hydrogen (secondary N) is 1. The summed E-state index contributed by atoms with van der Waals surface area (Å²) in [6.45, 7) is 0.855. The molecule has 0 aliphatic rings. The molecule has 0 spiro atoms. The van der Waals surface area contributed by atoms with Crippen molar-refractivity contribution in [2.45, 2.75) is 13.0 Å². The molecule has 154 valence electrons. The molecule has 3 aromatic rings. The van der Waals surface area contributed by atoms with Gasteiger partial charge in [0.05, 0.1) is 0 Å². The lowest BCUT2D eigenvalue weighted by molar-refractivity contribution is -0.123. The lowest BCUT2D eigenvalue weighted by atomic mass is 10.1. The van der Waals surface area contributed by atoms with Crippen LogP contribution in [0.25, 0.3) is 0 Å². The van der Waals surface area contributed by atoms with Crippen molar-refractivity contribution in [1.29, 1.82) is 0 Å². The number of hydrogen-bond donors (Lipinski definition) is 2. The zero-order valence-electron chi connectivity index (χ0n) is 16.5. The lowest BCUT2D eigenvalue weighted by Crippen LogP contribution is -2.30. The first kappa shape index (κ1) is 20.9. The van der Waals surface area contributed by atoms with Crippen LogP contribution in [0.5, 0.6) is 11.5 Å². The van der Waals surface area contributed by atoms with Crippen LogP contribution in [0.2, 0.25) is 0 Å². The molecule has 3 aromatic carbocycles. The van der Waals surface area contributed by atoms with E-state index >= 15 is 0 Å². The van der Waals surface area contributed by atoms with Crippen LogP contribution < -0.4 is 20.5 Å². The second-order valence-electron chi connectivity index (χ2n) is 6.70. The van der Waals surface area contributed by atoms with Crippen molar-refractivity contribution in [1.82, 2.24) is 5.32 Å². The summed E-state index contributed by atoms with van der Waals surface area (Å²) in [6, 6.07) is 24.1. The molecule has 6 nitrogen and oxygen atoms in total. The van der Waals surface area contributed by atoms with Crippen LogP contribution in [0.1, 0.15) is 21.5 Å². The topological polar surface area (TPSA) is 90.7 Å². The van der Waals surface area contributed by atoms with E-state index in [4.69, 9.17) is 15.2 Å². The van der Waals surface area contributed by atoms with E-state index in [0.29, 0.717) is 30.9 Å². The van der Waals surface area contributed by atoms with Gasteiger partial charge >= 0.3 is 0 Å². The highest BCUT2D eigenvalue weighted by Gasteiger charge is 2.05. The van der Waals surface area contributed by atoms with E-state index in [0.717, 1.165) is 16.9 Å². The molecule has 0 aliphatic heterocycles. The van der Waals surface area contributed by atoms with Gasteiger partial charge in [0.15, 0.2) is 6.61 Å². The zero-order valence-corrected chi connectivity index (χ0v) is 16.5. The molecular weight excluding hydrogens is 380 g/mol. The normalized spacial score (nSPS) is 10.3. The number of carbonyl (C=O) groups excluding carboxylic acids is 2. The van der Waals surface area contributed by atoms with Crippen LogP contribution >= 0.6 is 0 Å². The smallest absolute Gasteiger partial charge is 0.257 e. The fraction of sp³-hybridized carbons (Fsp3) is 0.167. The van der Waals surface area contributed by atoms with Gasteiger partial charge in [-0.25, -0.2) is 0 Å². The van der Waals surface area contributed by atoms with Crippen LogP contribution in [0, 0.1) is 0 Å². The van der Waals surface area contributed by atoms with Crippen LogP contribution in [0.4, 0.5) is 0 Å². The molecule has 0 heterocycles. The first-order valence-corrected chi connectivity index (χ1v) is 9.65. The Labute approximate surface area is 175 Å². The summed E-state index contributed by atoms with van der Waals surface area (Å²) in [6.07, 6.45) is 0.598. The van der Waals surface area contributed by atoms with Gasteiger partial charge in [-0.1, -0.05) is 42.5 Å². The number of ether oxygens (including phenoxy) is 2. The standard InChI is InChI=1S/C24H24N2O4/c25-24(28)20-8-4-7-18(15-20)13-14-26-23(27)17-30-22-11-9-21(10-12-22)29-16-19-5-2-1-3-6-19/h1-12,15H,13-14,16-17H2,(H2,25,28)(H,26,27). The minimum atomic E-state index is -0.467. The van der Waals surface area contributed by atoms with E-state index in [1.807, 2.05) is 48.5 Å². The molecule has 0 unspecified atom stereocenters. The summed E-state index contributed by atoms with van der Waals surface area (Å²) in [7, 11) is 0. The molecule has 0 radical (unpaired) electrons. The highest BCUT2D eigenvalue weighted by atomic mass is 16.5. The Morgan fingerprint density at radius 1 is 0.800 bits per heavy atom. The molecular formula is C24H24N2O4. The predicted octanol–water partition coefficient (Wildman–Crippen LogP) is 3.10. The van der Waals surface area contributed by atoms with Crippen LogP contribution in [-0.2, 0) is 17.8 Å². The van der Waals surface area contributed by atoms with Gasteiger partial charge in [0.2, 0.25) is 5.91 Å². The maximum absolute atomic E-state index is 12.0. The van der Waals surface area contributed by atoms with E-state index in [1.165, 1.54) is 0 Å². The molecule has 0 saturated heterocycles. The number of hydrogen-bond acceptors (Lipinski definition) is 4. The van der Waals surface area contributed by atoms with Gasteiger partial charge in [0.1, 0.15) is 18.1 Å². The van der Waals surface area contributed by atoms with E-state index in [2.05, 4.69) is 5.32 Å². The molecule has 0 atom stereocenters. The summed E-state index contributed by atoms with van der Waals surface area (Å²) < 4.78 is 11.2. The highest BCUT2D eigenvalue weighted by molar-refractivity contribution is 5.92. The van der Waals surface area contributed by atoms with Crippen molar-refractivity contribution in [3.63, 3.8) is 0 Å². The Morgan fingerprint density at radius 2 is 1.47 bits per heavy atom. The third kappa shape index (κ3) is 6.67. The molecule has 0 saturated carbocycles. The zero-order chi connectivity index (χ0) is 21.2. The second-order valence-corrected chi connectivity index (χ2v) is 6.70. The summed E-state index contributed by atoms with van der Waals surface area (Å²) in [5, 5.41) is 2.80. The van der Waals surface area contributed by atoms with E-state index < -0.39 is 5.91 Å². The number of amides is 2. The van der Waals surface area contributed by atoms with Crippen molar-refractivity contribution in [2.75, 3.05) is 13.2 Å². The first-order valence-electron chi connectivity index (χ1n) is 9.65. The predicted molar refractivity (Wildman–Crippen MR) is 114 cm³/mol. The molecule has 30 heavy (non-hydrogen) atoms. The summed E-state index contributed by atoms with van der Waals surface area (Å²) >= 11 is 0. The minimum Gasteiger partial charge on any atom is -0.489 e. The van der Waals surface area contributed by atoms with Crippen molar-refractivity contribution in [3.05, 3.63) is 95.6 Å². The molecule has 3 N–H and O–H groups in total. The maximum atomic E-state index is 12.0. The van der Waals surface area contributed by atoms with Crippen LogP contribution in [-0.4, -0.2) is 25.0 Å². The summed E-state index contributed by atoms with van der Waals surface area (Å²) in [5.74, 6) is 0.636. The SMILES string of the molecule is NC(=O)c1cccc(CCNC(=O)COc2ccc(OCc3ccccc3)cc2)c1. The van der Waals surface area contributed by atoms with Gasteiger partial charge < -0.3 is 20.5 Å². The van der Waals surface area contributed by atoms with Crippen molar-refractivity contribution < 1.29 is 19.1 Å². The maximum Gasteiger partial charge on any atom is 0.257 e. The Hall–Kier alpha value is -3.80. The quantitative estimate of drug-likeness (QED) is 0.543. The van der Waals surface area contributed by atoms with Crippen LogP contribution in [0.3, 0.4) is 0 Å². The van der Waals surface area contributed by atoms with Crippen molar-refractivity contribution >= 4 is 11.8 Å². The largest absolute Gasteiger partial charge is 0.489 e. The van der Waals surface area contributed by atoms with Gasteiger partial charge in [-0.15, -0.1) is 0 Å². The molecule has 2 amide bonds. The number of benzene rings is 3. The summed E-state index contributed by atoms with van der Waals surface area (Å²) in [4.78, 5) is 23.2. The van der Waals surface area contributed by atoms with E-state index in [-0.39, 0.29) is 12.5 Å². The molecule has 0 aliphatic carbocycles. The second kappa shape index (κ2) is 10.7. The van der Waals surface area contributed by atoms with Gasteiger partial charge in [-0.3, -0.25) is 9.59 Å². The van der Waals surface area contributed by atoms with Gasteiger partial charge in [-0.2, -0.15) is 0 Å². The lowest BCUT2D eigenvalue weighted by Gasteiger charge is -2.09. The molecule has 0 fully saturated rings. The van der Waals surface area contributed by atoms with E-state index in [9.17, 15) is 9.59 Å². The molecule has 0 aromatic heterocycles. The van der Waals surface area contributed by atoms with Gasteiger partial charge in [0.25, 0.3) is 5.91 Å². The Kier molecular flexibility index (Phi) is 7.44. The minimum absolute atomic E-state index is 0.0778. The summed E-state index contributed by atoms with van der Waals surface area (Å²) in [5.41, 5.74) is 7.75. The van der Waals surface area contributed by atoms with Gasteiger partial charge in [0, 0.05) is 12.1 Å². The molecule has 0 bridgehead atoms. The number of primary amides is 1. The van der Waals surface area contributed by atoms with Crippen molar-refractivity contribution in [3.8, 4) is 11.5 Å². The Morgan fingerprint density at radius 3 is 2.17 bits per heavy atom. The fourth-order valence-corrected chi connectivity index (χ4v) is 2.80. The van der Waals surface area contributed by atoms with E-state index in [1.54, 1.807) is 30.3 Å². The highest BCUT2D eigenvalue weighted by Crippen LogP contribution is 2.18. The Balaban J connectivity index is 1.37. The number of nitrogens with two attached hydrogens (primary N) is 1. The Bertz CT molecular complexity index is 972. The monoisotopic (exact) mass is 404 g/mol. The third-order valence-corrected chi connectivity index (χ3v) is 4.39. The average Bonchev–Trinajstić information content (AvgIpc) is 2.78. The number of rotatable bonds is 10. The van der Waals surface area contributed by atoms with Crippen LogP contribution in [0.15, 0.2) is 78.9 Å².